The number of hydrogen-bond acceptors (Lipinski definition) is 10. The van der Waals surface area contributed by atoms with Crippen molar-refractivity contribution in [3.63, 3.8) is 0 Å². The van der Waals surface area contributed by atoms with E-state index in [0.717, 1.165) is 34.2 Å². The molecule has 4 aromatic rings. The Bertz CT molecular complexity index is 1540. The van der Waals surface area contributed by atoms with Crippen molar-refractivity contribution >= 4 is 28.3 Å². The molecule has 3 aromatic carbocycles. The molecule has 0 saturated carbocycles. The third kappa shape index (κ3) is 4.54. The Hall–Kier alpha value is -3.86. The van der Waals surface area contributed by atoms with Gasteiger partial charge >= 0.3 is 0 Å². The maximum absolute atomic E-state index is 12.2. The van der Waals surface area contributed by atoms with Crippen molar-refractivity contribution in [2.24, 2.45) is 0 Å². The van der Waals surface area contributed by atoms with E-state index in [0.29, 0.717) is 59.5 Å². The van der Waals surface area contributed by atoms with Crippen LogP contribution in [0.1, 0.15) is 23.1 Å². The largest absolute Gasteiger partial charge is 0.493 e. The zero-order valence-electron chi connectivity index (χ0n) is 21.9. The van der Waals surface area contributed by atoms with Gasteiger partial charge in [0.1, 0.15) is 11.0 Å². The molecule has 1 unspecified atom stereocenters. The molecule has 0 saturated heterocycles. The van der Waals surface area contributed by atoms with Gasteiger partial charge in [0.15, 0.2) is 23.0 Å². The molecule has 3 heterocycles. The monoisotopic (exact) mass is 548 g/mol. The van der Waals surface area contributed by atoms with E-state index in [9.17, 15) is 5.11 Å². The van der Waals surface area contributed by atoms with Crippen LogP contribution in [0.3, 0.4) is 0 Å². The second-order valence-corrected chi connectivity index (χ2v) is 9.81. The molecule has 0 fully saturated rings. The molecule has 202 valence electrons. The molecule has 6 rings (SSSR count). The van der Waals surface area contributed by atoms with E-state index >= 15 is 0 Å². The third-order valence-electron chi connectivity index (χ3n) is 7.05. The van der Waals surface area contributed by atoms with E-state index in [1.165, 1.54) is 11.7 Å². The smallest absolute Gasteiger partial charge is 0.217 e. The number of benzene rings is 3. The van der Waals surface area contributed by atoms with E-state index in [-0.39, 0.29) is 6.61 Å². The van der Waals surface area contributed by atoms with E-state index in [1.807, 2.05) is 42.5 Å². The van der Waals surface area contributed by atoms with Crippen molar-refractivity contribution in [1.82, 2.24) is 8.75 Å². The van der Waals surface area contributed by atoms with Crippen LogP contribution in [-0.2, 0) is 16.9 Å². The molecule has 2 aliphatic heterocycles. The van der Waals surface area contributed by atoms with Crippen molar-refractivity contribution in [1.29, 1.82) is 0 Å². The molecule has 39 heavy (non-hydrogen) atoms. The van der Waals surface area contributed by atoms with Gasteiger partial charge in [-0.2, -0.15) is 8.75 Å². The highest BCUT2D eigenvalue weighted by molar-refractivity contribution is 7.00. The highest BCUT2D eigenvalue weighted by atomic mass is 32.1. The van der Waals surface area contributed by atoms with Gasteiger partial charge in [-0.1, -0.05) is 6.07 Å². The predicted molar refractivity (Wildman–Crippen MR) is 146 cm³/mol. The quantitative estimate of drug-likeness (QED) is 0.351. The molecule has 1 N–H and O–H groups in total. The Morgan fingerprint density at radius 2 is 1.62 bits per heavy atom. The average molecular weight is 549 g/mol. The molecule has 0 spiro atoms. The number of ether oxygens (including phenoxy) is 6. The Morgan fingerprint density at radius 3 is 2.36 bits per heavy atom. The molecule has 1 atom stereocenters. The maximum atomic E-state index is 12.2. The summed E-state index contributed by atoms with van der Waals surface area (Å²) < 4.78 is 43.3. The molecule has 0 aliphatic carbocycles. The number of nitrogens with zero attached hydrogens (tertiary/aromatic N) is 2. The number of aromatic nitrogens is 2. The molecule has 0 bridgehead atoms. The molecule has 10 heteroatoms. The summed E-state index contributed by atoms with van der Waals surface area (Å²) in [4.78, 5) is 0. The first kappa shape index (κ1) is 25.4. The van der Waals surface area contributed by atoms with Gasteiger partial charge in [0, 0.05) is 17.6 Å². The van der Waals surface area contributed by atoms with Crippen molar-refractivity contribution in [2.45, 2.75) is 18.6 Å². The van der Waals surface area contributed by atoms with Gasteiger partial charge in [-0.15, -0.1) is 0 Å². The van der Waals surface area contributed by atoms with Crippen molar-refractivity contribution in [2.75, 3.05) is 41.2 Å². The highest BCUT2D eigenvalue weighted by Gasteiger charge is 2.43. The van der Waals surface area contributed by atoms with Gasteiger partial charge in [-0.3, -0.25) is 0 Å². The van der Waals surface area contributed by atoms with Crippen LogP contribution in [0.4, 0.5) is 0 Å². The summed E-state index contributed by atoms with van der Waals surface area (Å²) in [5.74, 6) is 1.08. The lowest BCUT2D eigenvalue weighted by Gasteiger charge is -2.27. The van der Waals surface area contributed by atoms with Crippen LogP contribution in [0.25, 0.3) is 16.6 Å². The second kappa shape index (κ2) is 10.4. The molecular formula is C29H28N2O7S. The van der Waals surface area contributed by atoms with Crippen molar-refractivity contribution in [3.05, 3.63) is 70.8 Å². The van der Waals surface area contributed by atoms with Gasteiger partial charge in [0.05, 0.1) is 52.9 Å². The standard InChI is InChI=1S/C29H28N2O7S/c1-33-26-12-17(13-27(34-2)28(26)35-3)11-21-20(18-5-7-22-23(14-18)31-39-30-22)16-38-29(21,32)19-6-8-24-25(15-19)37-10-4-9-36-24/h5-8,12-15,32H,4,9-11,16H2,1-3H3. The number of fused-ring (bicyclic) bond motifs is 2. The lowest BCUT2D eigenvalue weighted by molar-refractivity contribution is -0.162. The van der Waals surface area contributed by atoms with Gasteiger partial charge in [-0.05, 0) is 65.6 Å². The number of aliphatic hydroxyl groups is 1. The predicted octanol–water partition coefficient (Wildman–Crippen LogP) is 4.75. The SMILES string of the molecule is COc1cc(CC2=C(c3ccc4nsnc4c3)COC2(O)c2ccc3c(c2)OCCCO3)cc(OC)c1OC. The van der Waals surface area contributed by atoms with Crippen LogP contribution >= 0.6 is 11.7 Å². The maximum Gasteiger partial charge on any atom is 0.217 e. The highest BCUT2D eigenvalue weighted by Crippen LogP contribution is 2.47. The fourth-order valence-electron chi connectivity index (χ4n) is 5.08. The Morgan fingerprint density at radius 1 is 0.872 bits per heavy atom. The summed E-state index contributed by atoms with van der Waals surface area (Å²) >= 11 is 1.17. The number of methoxy groups -OCH3 is 3. The average Bonchev–Trinajstić information content (AvgIpc) is 3.48. The minimum atomic E-state index is -1.71. The van der Waals surface area contributed by atoms with Crippen LogP contribution < -0.4 is 23.7 Å². The second-order valence-electron chi connectivity index (χ2n) is 9.28. The first-order chi connectivity index (χ1) is 19.0. The van der Waals surface area contributed by atoms with E-state index in [2.05, 4.69) is 8.75 Å². The van der Waals surface area contributed by atoms with Gasteiger partial charge in [0.2, 0.25) is 11.5 Å². The summed E-state index contributed by atoms with van der Waals surface area (Å²) in [5.41, 5.74) is 5.49. The van der Waals surface area contributed by atoms with Gasteiger partial charge in [-0.25, -0.2) is 0 Å². The van der Waals surface area contributed by atoms with Crippen LogP contribution in [-0.4, -0.2) is 55.0 Å². The van der Waals surface area contributed by atoms with Crippen molar-refractivity contribution in [3.8, 4) is 28.7 Å². The molecule has 1 aromatic heterocycles. The first-order valence-corrected chi connectivity index (χ1v) is 13.3. The summed E-state index contributed by atoms with van der Waals surface area (Å²) in [7, 11) is 4.73. The van der Waals surface area contributed by atoms with Crippen LogP contribution in [0, 0.1) is 0 Å². The summed E-state index contributed by atoms with van der Waals surface area (Å²) in [6.07, 6.45) is 1.14. The lowest BCUT2D eigenvalue weighted by atomic mass is 9.88. The van der Waals surface area contributed by atoms with E-state index < -0.39 is 5.79 Å². The van der Waals surface area contributed by atoms with Crippen molar-refractivity contribution < 1.29 is 33.5 Å². The van der Waals surface area contributed by atoms with Crippen LogP contribution in [0.2, 0.25) is 0 Å². The number of rotatable bonds is 7. The minimum Gasteiger partial charge on any atom is -0.493 e. The summed E-state index contributed by atoms with van der Waals surface area (Å²) in [6.45, 7) is 1.32. The van der Waals surface area contributed by atoms with Crippen LogP contribution in [0.15, 0.2) is 54.1 Å². The Labute approximate surface area is 229 Å². The normalized spacial score (nSPS) is 18.8. The fraction of sp³-hybridized carbons (Fsp3) is 0.310. The van der Waals surface area contributed by atoms with Gasteiger partial charge < -0.3 is 33.5 Å². The molecular weight excluding hydrogens is 520 g/mol. The van der Waals surface area contributed by atoms with E-state index in [4.69, 9.17) is 28.4 Å². The lowest BCUT2D eigenvalue weighted by Crippen LogP contribution is -2.29. The molecule has 9 nitrogen and oxygen atoms in total. The summed E-state index contributed by atoms with van der Waals surface area (Å²) in [6, 6.07) is 15.1. The zero-order chi connectivity index (χ0) is 27.0. The molecule has 0 radical (unpaired) electrons. The Balaban J connectivity index is 1.50. The first-order valence-electron chi connectivity index (χ1n) is 12.5. The molecule has 2 aliphatic rings. The summed E-state index contributed by atoms with van der Waals surface area (Å²) in [5, 5.41) is 12.2. The van der Waals surface area contributed by atoms with Crippen LogP contribution in [0.5, 0.6) is 28.7 Å². The fourth-order valence-corrected chi connectivity index (χ4v) is 5.60. The third-order valence-corrected chi connectivity index (χ3v) is 7.60. The van der Waals surface area contributed by atoms with E-state index in [1.54, 1.807) is 27.4 Å². The number of hydrogen-bond donors (Lipinski definition) is 1. The molecule has 0 amide bonds. The van der Waals surface area contributed by atoms with Gasteiger partial charge in [0.25, 0.3) is 0 Å². The topological polar surface area (TPSA) is 101 Å². The Kier molecular flexibility index (Phi) is 6.76. The zero-order valence-corrected chi connectivity index (χ0v) is 22.7. The minimum absolute atomic E-state index is 0.202.